The van der Waals surface area contributed by atoms with Crippen LogP contribution in [0.4, 0.5) is 13.2 Å². The van der Waals surface area contributed by atoms with E-state index in [-0.39, 0.29) is 6.04 Å². The van der Waals surface area contributed by atoms with E-state index in [1.807, 2.05) is 0 Å². The Kier molecular flexibility index (Phi) is 6.99. The maximum absolute atomic E-state index is 12.9. The lowest BCUT2D eigenvalue weighted by atomic mass is 9.99. The van der Waals surface area contributed by atoms with E-state index in [0.717, 1.165) is 31.9 Å². The molecule has 0 fully saturated rings. The minimum Gasteiger partial charge on any atom is -0.314 e. The molecule has 1 aromatic heterocycles. The van der Waals surface area contributed by atoms with E-state index in [9.17, 15) is 13.2 Å². The van der Waals surface area contributed by atoms with Crippen molar-refractivity contribution in [2.24, 2.45) is 0 Å². The van der Waals surface area contributed by atoms with E-state index in [0.29, 0.717) is 18.4 Å². The summed E-state index contributed by atoms with van der Waals surface area (Å²) in [7, 11) is 0. The topological polar surface area (TPSA) is 24.9 Å². The highest BCUT2D eigenvalue weighted by atomic mass is 19.4. The molecule has 0 bridgehead atoms. The molecule has 0 spiro atoms. The Morgan fingerprint density at radius 3 is 2.55 bits per heavy atom. The SMILES string of the molecule is CCCNC(CCC)CCc1cnccc1C(F)(F)F. The molecule has 114 valence electrons. The van der Waals surface area contributed by atoms with E-state index in [2.05, 4.69) is 24.1 Å². The van der Waals surface area contributed by atoms with Gasteiger partial charge in [0.05, 0.1) is 5.56 Å². The number of pyridine rings is 1. The Balaban J connectivity index is 2.67. The van der Waals surface area contributed by atoms with Crippen molar-refractivity contribution in [1.29, 1.82) is 0 Å². The molecule has 1 rings (SSSR count). The standard InChI is InChI=1S/C15H23F3N2/c1-3-5-13(20-9-4-2)7-6-12-11-19-10-8-14(12)15(16,17)18/h8,10-11,13,20H,3-7,9H2,1-2H3. The second-order valence-corrected chi connectivity index (χ2v) is 5.01. The molecule has 20 heavy (non-hydrogen) atoms. The molecule has 0 aromatic carbocycles. The number of hydrogen-bond acceptors (Lipinski definition) is 2. The molecule has 1 aromatic rings. The van der Waals surface area contributed by atoms with Gasteiger partial charge in [0, 0.05) is 18.4 Å². The summed E-state index contributed by atoms with van der Waals surface area (Å²) in [4.78, 5) is 3.82. The highest BCUT2D eigenvalue weighted by molar-refractivity contribution is 5.26. The Labute approximate surface area is 118 Å². The molecule has 0 amide bonds. The summed E-state index contributed by atoms with van der Waals surface area (Å²) < 4.78 is 38.6. The Hall–Kier alpha value is -1.10. The van der Waals surface area contributed by atoms with Crippen molar-refractivity contribution in [3.05, 3.63) is 29.6 Å². The number of rotatable bonds is 8. The van der Waals surface area contributed by atoms with Crippen LogP contribution in [0.2, 0.25) is 0 Å². The molecular formula is C15H23F3N2. The summed E-state index contributed by atoms with van der Waals surface area (Å²) in [6.45, 7) is 5.08. The minimum atomic E-state index is -4.30. The average molecular weight is 288 g/mol. The van der Waals surface area contributed by atoms with Crippen molar-refractivity contribution < 1.29 is 13.2 Å². The van der Waals surface area contributed by atoms with Gasteiger partial charge < -0.3 is 5.32 Å². The summed E-state index contributed by atoms with van der Waals surface area (Å²) in [5.74, 6) is 0. The lowest BCUT2D eigenvalue weighted by molar-refractivity contribution is -0.138. The number of aryl methyl sites for hydroxylation is 1. The van der Waals surface area contributed by atoms with Crippen LogP contribution >= 0.6 is 0 Å². The fourth-order valence-corrected chi connectivity index (χ4v) is 2.28. The molecule has 5 heteroatoms. The normalized spacial score (nSPS) is 13.4. The number of nitrogens with one attached hydrogen (secondary N) is 1. The summed E-state index contributed by atoms with van der Waals surface area (Å²) in [6, 6.07) is 1.34. The highest BCUT2D eigenvalue weighted by Gasteiger charge is 2.33. The molecule has 0 aliphatic rings. The Bertz CT molecular complexity index is 391. The van der Waals surface area contributed by atoms with Crippen molar-refractivity contribution >= 4 is 0 Å². The monoisotopic (exact) mass is 288 g/mol. The first-order valence-corrected chi connectivity index (χ1v) is 7.22. The van der Waals surface area contributed by atoms with Crippen LogP contribution in [-0.2, 0) is 12.6 Å². The van der Waals surface area contributed by atoms with E-state index in [1.54, 1.807) is 0 Å². The van der Waals surface area contributed by atoms with E-state index in [1.165, 1.54) is 12.4 Å². The number of aromatic nitrogens is 1. The number of alkyl halides is 3. The van der Waals surface area contributed by atoms with Gasteiger partial charge in [0.2, 0.25) is 0 Å². The molecule has 2 nitrogen and oxygen atoms in total. The molecule has 1 unspecified atom stereocenters. The third-order valence-electron chi connectivity index (χ3n) is 3.29. The summed E-state index contributed by atoms with van der Waals surface area (Å²) in [5, 5.41) is 3.40. The summed E-state index contributed by atoms with van der Waals surface area (Å²) >= 11 is 0. The van der Waals surface area contributed by atoms with Gasteiger partial charge in [-0.05, 0) is 43.9 Å². The summed E-state index contributed by atoms with van der Waals surface area (Å²) in [6.07, 6.45) is 2.40. The molecule has 0 saturated heterocycles. The fourth-order valence-electron chi connectivity index (χ4n) is 2.28. The smallest absolute Gasteiger partial charge is 0.314 e. The van der Waals surface area contributed by atoms with Crippen LogP contribution in [0, 0.1) is 0 Å². The average Bonchev–Trinajstić information content (AvgIpc) is 2.41. The fraction of sp³-hybridized carbons (Fsp3) is 0.667. The van der Waals surface area contributed by atoms with E-state index < -0.39 is 11.7 Å². The zero-order valence-corrected chi connectivity index (χ0v) is 12.1. The largest absolute Gasteiger partial charge is 0.416 e. The number of hydrogen-bond donors (Lipinski definition) is 1. The second-order valence-electron chi connectivity index (χ2n) is 5.01. The predicted octanol–water partition coefficient (Wildman–Crippen LogP) is 4.20. The van der Waals surface area contributed by atoms with Gasteiger partial charge in [0.25, 0.3) is 0 Å². The van der Waals surface area contributed by atoms with E-state index >= 15 is 0 Å². The van der Waals surface area contributed by atoms with Crippen LogP contribution in [0.5, 0.6) is 0 Å². The van der Waals surface area contributed by atoms with Gasteiger partial charge >= 0.3 is 6.18 Å². The zero-order valence-electron chi connectivity index (χ0n) is 12.1. The third kappa shape index (κ3) is 5.49. The van der Waals surface area contributed by atoms with Crippen LogP contribution in [0.3, 0.4) is 0 Å². The maximum atomic E-state index is 12.9. The summed E-state index contributed by atoms with van der Waals surface area (Å²) in [5.41, 5.74) is -0.266. The van der Waals surface area contributed by atoms with Gasteiger partial charge in [-0.15, -0.1) is 0 Å². The molecule has 1 N–H and O–H groups in total. The molecule has 1 heterocycles. The van der Waals surface area contributed by atoms with Crippen molar-refractivity contribution in [3.63, 3.8) is 0 Å². The second kappa shape index (κ2) is 8.25. The first-order chi connectivity index (χ1) is 9.49. The zero-order chi connectivity index (χ0) is 15.0. The third-order valence-corrected chi connectivity index (χ3v) is 3.29. The van der Waals surface area contributed by atoms with Crippen molar-refractivity contribution in [1.82, 2.24) is 10.3 Å². The Morgan fingerprint density at radius 2 is 1.95 bits per heavy atom. The number of nitrogens with zero attached hydrogens (tertiary/aromatic N) is 1. The molecule has 1 atom stereocenters. The lowest BCUT2D eigenvalue weighted by Crippen LogP contribution is -2.30. The molecule has 0 aliphatic carbocycles. The molecular weight excluding hydrogens is 265 g/mol. The van der Waals surface area contributed by atoms with E-state index in [4.69, 9.17) is 0 Å². The van der Waals surface area contributed by atoms with Gasteiger partial charge in [0.1, 0.15) is 0 Å². The van der Waals surface area contributed by atoms with Crippen molar-refractivity contribution in [2.75, 3.05) is 6.54 Å². The van der Waals surface area contributed by atoms with Crippen LogP contribution in [0.25, 0.3) is 0 Å². The first-order valence-electron chi connectivity index (χ1n) is 7.22. The van der Waals surface area contributed by atoms with Gasteiger partial charge in [-0.3, -0.25) is 4.98 Å². The van der Waals surface area contributed by atoms with Crippen molar-refractivity contribution in [2.45, 2.75) is 58.2 Å². The van der Waals surface area contributed by atoms with Gasteiger partial charge in [-0.25, -0.2) is 0 Å². The van der Waals surface area contributed by atoms with Crippen molar-refractivity contribution in [3.8, 4) is 0 Å². The lowest BCUT2D eigenvalue weighted by Gasteiger charge is -2.19. The van der Waals surface area contributed by atoms with Crippen LogP contribution in [0.1, 0.15) is 50.7 Å². The van der Waals surface area contributed by atoms with Crippen LogP contribution < -0.4 is 5.32 Å². The maximum Gasteiger partial charge on any atom is 0.416 e. The van der Waals surface area contributed by atoms with Gasteiger partial charge in [-0.2, -0.15) is 13.2 Å². The Morgan fingerprint density at radius 1 is 1.20 bits per heavy atom. The molecule has 0 aliphatic heterocycles. The quantitative estimate of drug-likeness (QED) is 0.775. The predicted molar refractivity (Wildman–Crippen MR) is 74.5 cm³/mol. The van der Waals surface area contributed by atoms with Crippen LogP contribution in [-0.4, -0.2) is 17.6 Å². The number of halogens is 3. The first kappa shape index (κ1) is 17.0. The van der Waals surface area contributed by atoms with Gasteiger partial charge in [-0.1, -0.05) is 20.3 Å². The molecule has 0 saturated carbocycles. The van der Waals surface area contributed by atoms with Gasteiger partial charge in [0.15, 0.2) is 0 Å². The molecule has 0 radical (unpaired) electrons. The highest BCUT2D eigenvalue weighted by Crippen LogP contribution is 2.32. The minimum absolute atomic E-state index is 0.279. The van der Waals surface area contributed by atoms with Crippen LogP contribution in [0.15, 0.2) is 18.5 Å².